The quantitative estimate of drug-likeness (QED) is 0.865. The number of rotatable bonds is 6. The second-order valence-corrected chi connectivity index (χ2v) is 6.75. The van der Waals surface area contributed by atoms with E-state index in [9.17, 15) is 4.79 Å². The lowest BCUT2D eigenvalue weighted by molar-refractivity contribution is -0.122. The molecule has 0 saturated carbocycles. The molecule has 2 heterocycles. The van der Waals surface area contributed by atoms with E-state index < -0.39 is 0 Å². The van der Waals surface area contributed by atoms with Crippen molar-refractivity contribution in [3.05, 3.63) is 21.9 Å². The van der Waals surface area contributed by atoms with E-state index in [2.05, 4.69) is 35.5 Å². The highest BCUT2D eigenvalue weighted by Gasteiger charge is 2.17. The molecule has 0 spiro atoms. The highest BCUT2D eigenvalue weighted by atomic mass is 32.1. The van der Waals surface area contributed by atoms with E-state index in [4.69, 9.17) is 0 Å². The first kappa shape index (κ1) is 15.5. The van der Waals surface area contributed by atoms with Gasteiger partial charge in [0, 0.05) is 37.1 Å². The predicted octanol–water partition coefficient (Wildman–Crippen LogP) is 1.56. The zero-order chi connectivity index (χ0) is 14.5. The SMILES string of the molecule is CC(C)N(C)CC(=O)NCCN1CCc2sccc2C1. The van der Waals surface area contributed by atoms with Crippen molar-refractivity contribution in [2.75, 3.05) is 33.2 Å². The van der Waals surface area contributed by atoms with E-state index in [1.54, 1.807) is 0 Å². The molecule has 1 aromatic heterocycles. The maximum Gasteiger partial charge on any atom is 0.234 e. The lowest BCUT2D eigenvalue weighted by Crippen LogP contribution is -2.42. The number of nitrogens with one attached hydrogen (secondary N) is 1. The Morgan fingerprint density at radius 1 is 1.55 bits per heavy atom. The van der Waals surface area contributed by atoms with Crippen LogP contribution in [0.5, 0.6) is 0 Å². The zero-order valence-electron chi connectivity index (χ0n) is 12.7. The van der Waals surface area contributed by atoms with Crippen molar-refractivity contribution in [1.29, 1.82) is 0 Å². The fraction of sp³-hybridized carbons (Fsp3) is 0.667. The van der Waals surface area contributed by atoms with Crippen LogP contribution in [0.1, 0.15) is 24.3 Å². The van der Waals surface area contributed by atoms with Gasteiger partial charge in [-0.25, -0.2) is 0 Å². The van der Waals surface area contributed by atoms with Gasteiger partial charge < -0.3 is 5.32 Å². The average molecular weight is 295 g/mol. The van der Waals surface area contributed by atoms with Crippen molar-refractivity contribution in [2.45, 2.75) is 32.9 Å². The predicted molar refractivity (Wildman–Crippen MR) is 84.1 cm³/mol. The molecule has 1 aliphatic heterocycles. The Labute approximate surface area is 125 Å². The minimum Gasteiger partial charge on any atom is -0.354 e. The van der Waals surface area contributed by atoms with Crippen LogP contribution in [0.2, 0.25) is 0 Å². The van der Waals surface area contributed by atoms with Crippen molar-refractivity contribution in [2.24, 2.45) is 0 Å². The molecule has 0 atom stereocenters. The van der Waals surface area contributed by atoms with Crippen LogP contribution >= 0.6 is 11.3 Å². The molecule has 1 N–H and O–H groups in total. The van der Waals surface area contributed by atoms with E-state index >= 15 is 0 Å². The van der Waals surface area contributed by atoms with Gasteiger partial charge in [-0.2, -0.15) is 0 Å². The molecule has 0 aromatic carbocycles. The minimum atomic E-state index is 0.120. The summed E-state index contributed by atoms with van der Waals surface area (Å²) in [6.45, 7) is 8.48. The number of carbonyl (C=O) groups excluding carboxylic acids is 1. The molecule has 0 fully saturated rings. The van der Waals surface area contributed by atoms with E-state index in [-0.39, 0.29) is 5.91 Å². The van der Waals surface area contributed by atoms with Gasteiger partial charge in [0.15, 0.2) is 0 Å². The lowest BCUT2D eigenvalue weighted by Gasteiger charge is -2.27. The molecule has 112 valence electrons. The molecule has 1 aliphatic rings. The van der Waals surface area contributed by atoms with Crippen LogP contribution in [0.4, 0.5) is 0 Å². The Morgan fingerprint density at radius 3 is 3.10 bits per heavy atom. The van der Waals surface area contributed by atoms with Crippen LogP contribution in [0, 0.1) is 0 Å². The summed E-state index contributed by atoms with van der Waals surface area (Å²) in [4.78, 5) is 17.8. The Bertz CT molecular complexity index is 444. The van der Waals surface area contributed by atoms with Crippen molar-refractivity contribution in [1.82, 2.24) is 15.1 Å². The van der Waals surface area contributed by atoms with Gasteiger partial charge in [0.2, 0.25) is 5.91 Å². The molecule has 2 rings (SSSR count). The van der Waals surface area contributed by atoms with Crippen LogP contribution in [-0.4, -0.2) is 55.0 Å². The molecule has 5 heteroatoms. The molecule has 0 unspecified atom stereocenters. The molecule has 0 radical (unpaired) electrons. The second-order valence-electron chi connectivity index (χ2n) is 5.75. The second kappa shape index (κ2) is 7.20. The zero-order valence-corrected chi connectivity index (χ0v) is 13.5. The number of thiophene rings is 1. The van der Waals surface area contributed by atoms with Crippen molar-refractivity contribution in [3.63, 3.8) is 0 Å². The largest absolute Gasteiger partial charge is 0.354 e. The summed E-state index contributed by atoms with van der Waals surface area (Å²) in [5, 5.41) is 5.19. The van der Waals surface area contributed by atoms with E-state index in [0.29, 0.717) is 12.6 Å². The number of hydrogen-bond donors (Lipinski definition) is 1. The molecular weight excluding hydrogens is 270 g/mol. The number of nitrogens with zero attached hydrogens (tertiary/aromatic N) is 2. The number of likely N-dealkylation sites (N-methyl/N-ethyl adjacent to an activating group) is 1. The Kier molecular flexibility index (Phi) is 5.57. The van der Waals surface area contributed by atoms with E-state index in [1.165, 1.54) is 10.4 Å². The van der Waals surface area contributed by atoms with Gasteiger partial charge in [-0.3, -0.25) is 14.6 Å². The summed E-state index contributed by atoms with van der Waals surface area (Å²) in [7, 11) is 1.98. The van der Waals surface area contributed by atoms with Crippen molar-refractivity contribution in [3.8, 4) is 0 Å². The first-order valence-corrected chi connectivity index (χ1v) is 8.18. The maximum atomic E-state index is 11.8. The summed E-state index contributed by atoms with van der Waals surface area (Å²) in [5.41, 5.74) is 1.46. The monoisotopic (exact) mass is 295 g/mol. The van der Waals surface area contributed by atoms with Gasteiger partial charge in [-0.05, 0) is 44.3 Å². The first-order chi connectivity index (χ1) is 9.56. The fourth-order valence-corrected chi connectivity index (χ4v) is 3.21. The van der Waals surface area contributed by atoms with Gasteiger partial charge in [0.25, 0.3) is 0 Å². The number of amides is 1. The summed E-state index contributed by atoms with van der Waals surface area (Å²) < 4.78 is 0. The average Bonchev–Trinajstić information content (AvgIpc) is 2.85. The van der Waals surface area contributed by atoms with Gasteiger partial charge in [0.05, 0.1) is 6.54 Å². The van der Waals surface area contributed by atoms with Crippen LogP contribution in [0.15, 0.2) is 11.4 Å². The molecule has 0 saturated heterocycles. The summed E-state index contributed by atoms with van der Waals surface area (Å²) in [6.07, 6.45) is 1.15. The summed E-state index contributed by atoms with van der Waals surface area (Å²) in [6, 6.07) is 2.63. The smallest absolute Gasteiger partial charge is 0.234 e. The Balaban J connectivity index is 1.66. The van der Waals surface area contributed by atoms with Crippen LogP contribution < -0.4 is 5.32 Å². The number of carbonyl (C=O) groups is 1. The molecule has 0 aliphatic carbocycles. The molecule has 1 amide bonds. The third-order valence-corrected chi connectivity index (χ3v) is 4.93. The van der Waals surface area contributed by atoms with Gasteiger partial charge >= 0.3 is 0 Å². The molecule has 4 nitrogen and oxygen atoms in total. The van der Waals surface area contributed by atoms with E-state index in [1.807, 2.05) is 23.3 Å². The van der Waals surface area contributed by atoms with Gasteiger partial charge in [-0.15, -0.1) is 11.3 Å². The minimum absolute atomic E-state index is 0.120. The lowest BCUT2D eigenvalue weighted by atomic mass is 10.1. The molecule has 20 heavy (non-hydrogen) atoms. The molecular formula is C15H25N3OS. The van der Waals surface area contributed by atoms with Crippen LogP contribution in [0.3, 0.4) is 0 Å². The number of fused-ring (bicyclic) bond motifs is 1. The van der Waals surface area contributed by atoms with Crippen molar-refractivity contribution < 1.29 is 4.79 Å². The number of hydrogen-bond acceptors (Lipinski definition) is 4. The summed E-state index contributed by atoms with van der Waals surface area (Å²) >= 11 is 1.86. The normalized spacial score (nSPS) is 15.7. The third kappa shape index (κ3) is 4.30. The van der Waals surface area contributed by atoms with Gasteiger partial charge in [-0.1, -0.05) is 0 Å². The molecule has 1 aromatic rings. The summed E-state index contributed by atoms with van der Waals surface area (Å²) in [5.74, 6) is 0.120. The van der Waals surface area contributed by atoms with Crippen LogP contribution in [0.25, 0.3) is 0 Å². The van der Waals surface area contributed by atoms with Crippen LogP contribution in [-0.2, 0) is 17.8 Å². The standard InChI is InChI=1S/C15H25N3OS/c1-12(2)17(3)11-15(19)16-6-8-18-7-4-14-13(10-18)5-9-20-14/h5,9,12H,4,6-8,10-11H2,1-3H3,(H,16,19). The fourth-order valence-electron chi connectivity index (χ4n) is 2.32. The molecule has 0 bridgehead atoms. The highest BCUT2D eigenvalue weighted by Crippen LogP contribution is 2.23. The maximum absolute atomic E-state index is 11.8. The first-order valence-electron chi connectivity index (χ1n) is 7.31. The third-order valence-electron chi connectivity index (χ3n) is 3.91. The van der Waals surface area contributed by atoms with Crippen molar-refractivity contribution >= 4 is 17.2 Å². The van der Waals surface area contributed by atoms with E-state index in [0.717, 1.165) is 32.6 Å². The Hall–Kier alpha value is -0.910. The Morgan fingerprint density at radius 2 is 2.35 bits per heavy atom. The topological polar surface area (TPSA) is 35.6 Å². The van der Waals surface area contributed by atoms with Gasteiger partial charge in [0.1, 0.15) is 0 Å². The highest BCUT2D eigenvalue weighted by molar-refractivity contribution is 7.10.